The maximum absolute atomic E-state index is 13.8. The number of nitrogens with zero attached hydrogens (tertiary/aromatic N) is 1. The van der Waals surface area contributed by atoms with Gasteiger partial charge in [-0.05, 0) is 48.9 Å². The van der Waals surface area contributed by atoms with Gasteiger partial charge in [0.25, 0.3) is 0 Å². The van der Waals surface area contributed by atoms with E-state index in [0.717, 1.165) is 22.4 Å². The summed E-state index contributed by atoms with van der Waals surface area (Å²) in [6, 6.07) is 24.0. The average molecular weight is 517 g/mol. The van der Waals surface area contributed by atoms with E-state index in [4.69, 9.17) is 0 Å². The lowest BCUT2D eigenvalue weighted by Crippen LogP contribution is -2.51. The fourth-order valence-electron chi connectivity index (χ4n) is 4.44. The van der Waals surface area contributed by atoms with Crippen LogP contribution in [0, 0.1) is 26.7 Å². The van der Waals surface area contributed by atoms with Gasteiger partial charge in [0.15, 0.2) is 0 Å². The van der Waals surface area contributed by atoms with Crippen LogP contribution in [0.4, 0.5) is 0 Å². The minimum atomic E-state index is -0.588. The first-order valence-corrected chi connectivity index (χ1v) is 14.2. The molecule has 3 aromatic carbocycles. The van der Waals surface area contributed by atoms with Crippen LogP contribution in [0.15, 0.2) is 72.8 Å². The zero-order valence-electron chi connectivity index (χ0n) is 22.8. The Morgan fingerprint density at radius 1 is 0.865 bits per heavy atom. The second-order valence-electron chi connectivity index (χ2n) is 10.3. The summed E-state index contributed by atoms with van der Waals surface area (Å²) in [6.45, 7) is 11.4. The topological polar surface area (TPSA) is 49.4 Å². The second kappa shape index (κ2) is 14.0. The molecule has 0 aliphatic rings. The normalized spacial score (nSPS) is 11.8. The minimum absolute atomic E-state index is 0.0155. The summed E-state index contributed by atoms with van der Waals surface area (Å²) in [6.07, 6.45) is 0.476. The smallest absolute Gasteiger partial charge is 0.243 e. The molecule has 4 nitrogen and oxygen atoms in total. The van der Waals surface area contributed by atoms with Gasteiger partial charge in [-0.25, -0.2) is 0 Å². The van der Waals surface area contributed by atoms with E-state index in [9.17, 15) is 9.59 Å². The average Bonchev–Trinajstić information content (AvgIpc) is 2.85. The maximum Gasteiger partial charge on any atom is 0.243 e. The Labute approximate surface area is 226 Å². The molecular weight excluding hydrogens is 476 g/mol. The lowest BCUT2D eigenvalue weighted by atomic mass is 10.0. The number of rotatable bonds is 12. The van der Waals surface area contributed by atoms with Crippen molar-refractivity contribution in [1.29, 1.82) is 0 Å². The van der Waals surface area contributed by atoms with Crippen molar-refractivity contribution in [1.82, 2.24) is 10.2 Å². The Bertz CT molecular complexity index is 1160. The Hall–Kier alpha value is -3.05. The van der Waals surface area contributed by atoms with Crippen molar-refractivity contribution >= 4 is 23.6 Å². The van der Waals surface area contributed by atoms with Crippen molar-refractivity contribution in [2.75, 3.05) is 12.3 Å². The van der Waals surface area contributed by atoms with Crippen LogP contribution >= 0.6 is 11.8 Å². The van der Waals surface area contributed by atoms with Crippen LogP contribution in [0.1, 0.15) is 47.2 Å². The highest BCUT2D eigenvalue weighted by atomic mass is 32.2. The van der Waals surface area contributed by atoms with Gasteiger partial charge in [-0.2, -0.15) is 0 Å². The first kappa shape index (κ1) is 28.5. The van der Waals surface area contributed by atoms with Crippen molar-refractivity contribution in [2.24, 2.45) is 5.92 Å². The molecule has 0 heterocycles. The summed E-state index contributed by atoms with van der Waals surface area (Å²) in [4.78, 5) is 29.1. The molecule has 0 aliphatic heterocycles. The van der Waals surface area contributed by atoms with Crippen LogP contribution in [-0.4, -0.2) is 35.1 Å². The number of hydrogen-bond donors (Lipinski definition) is 1. The lowest BCUT2D eigenvalue weighted by Gasteiger charge is -2.32. The van der Waals surface area contributed by atoms with Gasteiger partial charge in [-0.1, -0.05) is 97.8 Å². The van der Waals surface area contributed by atoms with Crippen molar-refractivity contribution in [3.8, 4) is 0 Å². The molecule has 1 atom stereocenters. The van der Waals surface area contributed by atoms with E-state index in [0.29, 0.717) is 31.2 Å². The van der Waals surface area contributed by atoms with Crippen molar-refractivity contribution in [3.05, 3.63) is 106 Å². The molecule has 196 valence electrons. The molecule has 0 saturated carbocycles. The van der Waals surface area contributed by atoms with Crippen molar-refractivity contribution in [3.63, 3.8) is 0 Å². The number of nitrogens with one attached hydrogen (secondary N) is 1. The first-order valence-electron chi connectivity index (χ1n) is 13.0. The number of benzene rings is 3. The van der Waals surface area contributed by atoms with Crippen LogP contribution < -0.4 is 5.32 Å². The summed E-state index contributed by atoms with van der Waals surface area (Å²) >= 11 is 1.61. The monoisotopic (exact) mass is 516 g/mol. The predicted molar refractivity (Wildman–Crippen MR) is 156 cm³/mol. The summed E-state index contributed by atoms with van der Waals surface area (Å²) < 4.78 is 0. The molecule has 1 N–H and O–H groups in total. The van der Waals surface area contributed by atoms with E-state index < -0.39 is 6.04 Å². The molecule has 0 bridgehead atoms. The van der Waals surface area contributed by atoms with E-state index in [-0.39, 0.29) is 11.8 Å². The third-order valence-electron chi connectivity index (χ3n) is 6.33. The number of thioether (sulfide) groups is 1. The van der Waals surface area contributed by atoms with E-state index in [1.807, 2.05) is 48.5 Å². The fourth-order valence-corrected chi connectivity index (χ4v) is 5.28. The number of amides is 2. The number of aryl methyl sites for hydroxylation is 3. The molecule has 37 heavy (non-hydrogen) atoms. The number of carbonyl (C=O) groups excluding carboxylic acids is 2. The summed E-state index contributed by atoms with van der Waals surface area (Å²) in [7, 11) is 0. The zero-order chi connectivity index (χ0) is 26.8. The maximum atomic E-state index is 13.8. The molecule has 1 unspecified atom stereocenters. The molecular formula is C32H40N2O2S. The highest BCUT2D eigenvalue weighted by molar-refractivity contribution is 7.99. The summed E-state index contributed by atoms with van der Waals surface area (Å²) in [5, 5.41) is 3.09. The van der Waals surface area contributed by atoms with Gasteiger partial charge < -0.3 is 10.2 Å². The molecule has 5 heteroatoms. The molecule has 0 aromatic heterocycles. The number of hydrogen-bond acceptors (Lipinski definition) is 3. The van der Waals surface area contributed by atoms with Crippen molar-refractivity contribution < 1.29 is 9.59 Å². The highest BCUT2D eigenvalue weighted by Gasteiger charge is 2.30. The Balaban J connectivity index is 1.86. The quantitative estimate of drug-likeness (QED) is 0.309. The Kier molecular flexibility index (Phi) is 10.8. The molecule has 0 fully saturated rings. The standard InChI is InChI=1S/C32H40N2O2S/c1-23(2)19-33-32(36)30(18-27-12-7-6-8-13-27)34(20-29-14-10-9-11-26(29)5)31(35)22-37-21-28-16-24(3)15-25(4)17-28/h6-17,23,30H,18-22H2,1-5H3,(H,33,36). The van der Waals surface area contributed by atoms with Gasteiger partial charge in [0, 0.05) is 25.3 Å². The SMILES string of the molecule is Cc1cc(C)cc(CSCC(=O)N(Cc2ccccc2C)C(Cc2ccccc2)C(=O)NCC(C)C)c1. The van der Waals surface area contributed by atoms with Crippen molar-refractivity contribution in [2.45, 2.75) is 59.4 Å². The Morgan fingerprint density at radius 2 is 1.51 bits per heavy atom. The van der Waals surface area contributed by atoms with Crippen LogP contribution in [-0.2, 0) is 28.3 Å². The molecule has 0 radical (unpaired) electrons. The third kappa shape index (κ3) is 9.08. The second-order valence-corrected chi connectivity index (χ2v) is 11.3. The van der Waals surface area contributed by atoms with Gasteiger partial charge in [-0.3, -0.25) is 9.59 Å². The lowest BCUT2D eigenvalue weighted by molar-refractivity contribution is -0.139. The molecule has 3 rings (SSSR count). The van der Waals surface area contributed by atoms with Gasteiger partial charge in [-0.15, -0.1) is 11.8 Å². The fraction of sp³-hybridized carbons (Fsp3) is 0.375. The third-order valence-corrected chi connectivity index (χ3v) is 7.32. The molecule has 0 saturated heterocycles. The first-order chi connectivity index (χ1) is 17.7. The molecule has 3 aromatic rings. The summed E-state index contributed by atoms with van der Waals surface area (Å²) in [5.74, 6) is 1.30. The van der Waals surface area contributed by atoms with Crippen LogP contribution in [0.5, 0.6) is 0 Å². The van der Waals surface area contributed by atoms with Crippen LogP contribution in [0.3, 0.4) is 0 Å². The van der Waals surface area contributed by atoms with Crippen LogP contribution in [0.25, 0.3) is 0 Å². The Morgan fingerprint density at radius 3 is 2.16 bits per heavy atom. The predicted octanol–water partition coefficient (Wildman–Crippen LogP) is 6.26. The van der Waals surface area contributed by atoms with E-state index in [1.165, 1.54) is 16.7 Å². The van der Waals surface area contributed by atoms with E-state index in [2.05, 4.69) is 64.2 Å². The van der Waals surface area contributed by atoms with E-state index >= 15 is 0 Å². The number of carbonyl (C=O) groups is 2. The molecule has 0 spiro atoms. The van der Waals surface area contributed by atoms with Gasteiger partial charge in [0.1, 0.15) is 6.04 Å². The van der Waals surface area contributed by atoms with Gasteiger partial charge in [0.05, 0.1) is 5.75 Å². The minimum Gasteiger partial charge on any atom is -0.354 e. The van der Waals surface area contributed by atoms with Crippen LogP contribution in [0.2, 0.25) is 0 Å². The largest absolute Gasteiger partial charge is 0.354 e. The summed E-state index contributed by atoms with van der Waals surface area (Å²) in [5.41, 5.74) is 6.89. The molecule has 2 amide bonds. The zero-order valence-corrected chi connectivity index (χ0v) is 23.6. The molecule has 0 aliphatic carbocycles. The van der Waals surface area contributed by atoms with Gasteiger partial charge in [0.2, 0.25) is 11.8 Å². The highest BCUT2D eigenvalue weighted by Crippen LogP contribution is 2.21. The van der Waals surface area contributed by atoms with Gasteiger partial charge >= 0.3 is 0 Å². The van der Waals surface area contributed by atoms with E-state index in [1.54, 1.807) is 16.7 Å².